The van der Waals surface area contributed by atoms with Crippen LogP contribution in [0.2, 0.25) is 0 Å². The zero-order valence-electron chi connectivity index (χ0n) is 9.26. The highest BCUT2D eigenvalue weighted by Gasteiger charge is 2.17. The molecule has 94 valence electrons. The SMILES string of the molecule is NC(C(=O)Nc1ccc(O)c(F)c1)c1cccs1. The number of phenolic OH excluding ortho intramolecular Hbond substituents is 1. The van der Waals surface area contributed by atoms with Crippen molar-refractivity contribution < 1.29 is 14.3 Å². The predicted molar refractivity (Wildman–Crippen MR) is 67.9 cm³/mol. The van der Waals surface area contributed by atoms with E-state index in [2.05, 4.69) is 5.32 Å². The Balaban J connectivity index is 2.09. The van der Waals surface area contributed by atoms with Crippen molar-refractivity contribution in [1.29, 1.82) is 0 Å². The number of aromatic hydroxyl groups is 1. The normalized spacial score (nSPS) is 12.1. The fourth-order valence-corrected chi connectivity index (χ4v) is 2.13. The number of phenols is 1. The van der Waals surface area contributed by atoms with E-state index < -0.39 is 23.5 Å². The van der Waals surface area contributed by atoms with Crippen molar-refractivity contribution in [3.63, 3.8) is 0 Å². The van der Waals surface area contributed by atoms with Crippen LogP contribution >= 0.6 is 11.3 Å². The van der Waals surface area contributed by atoms with Gasteiger partial charge in [-0.25, -0.2) is 4.39 Å². The summed E-state index contributed by atoms with van der Waals surface area (Å²) in [7, 11) is 0. The van der Waals surface area contributed by atoms with E-state index in [1.54, 1.807) is 12.1 Å². The van der Waals surface area contributed by atoms with Gasteiger partial charge in [0.1, 0.15) is 6.04 Å². The second-order valence-corrected chi connectivity index (χ2v) is 4.63. The van der Waals surface area contributed by atoms with Crippen LogP contribution < -0.4 is 11.1 Å². The van der Waals surface area contributed by atoms with Gasteiger partial charge in [-0.05, 0) is 23.6 Å². The van der Waals surface area contributed by atoms with Crippen LogP contribution in [0.4, 0.5) is 10.1 Å². The lowest BCUT2D eigenvalue weighted by atomic mass is 10.2. The van der Waals surface area contributed by atoms with E-state index in [0.717, 1.165) is 10.9 Å². The maximum atomic E-state index is 13.1. The first-order chi connectivity index (χ1) is 8.58. The van der Waals surface area contributed by atoms with Gasteiger partial charge in [0.25, 0.3) is 0 Å². The summed E-state index contributed by atoms with van der Waals surface area (Å²) in [5, 5.41) is 13.3. The molecular formula is C12H11FN2O2S. The van der Waals surface area contributed by atoms with Crippen molar-refractivity contribution in [1.82, 2.24) is 0 Å². The Bertz CT molecular complexity index is 557. The molecule has 0 spiro atoms. The molecule has 1 atom stereocenters. The molecule has 1 heterocycles. The Morgan fingerprint density at radius 2 is 2.22 bits per heavy atom. The summed E-state index contributed by atoms with van der Waals surface area (Å²) in [4.78, 5) is 12.5. The highest BCUT2D eigenvalue weighted by molar-refractivity contribution is 7.10. The van der Waals surface area contributed by atoms with E-state index in [-0.39, 0.29) is 5.69 Å². The van der Waals surface area contributed by atoms with E-state index in [0.29, 0.717) is 0 Å². The smallest absolute Gasteiger partial charge is 0.246 e. The van der Waals surface area contributed by atoms with Crippen molar-refractivity contribution in [3.05, 3.63) is 46.4 Å². The molecule has 4 N–H and O–H groups in total. The minimum Gasteiger partial charge on any atom is -0.505 e. The van der Waals surface area contributed by atoms with E-state index in [1.165, 1.54) is 23.5 Å². The van der Waals surface area contributed by atoms with Gasteiger partial charge in [0.05, 0.1) is 0 Å². The van der Waals surface area contributed by atoms with Crippen LogP contribution in [0.25, 0.3) is 0 Å². The van der Waals surface area contributed by atoms with Crippen LogP contribution in [0.5, 0.6) is 5.75 Å². The third-order valence-electron chi connectivity index (χ3n) is 2.35. The van der Waals surface area contributed by atoms with Crippen molar-refractivity contribution in [2.24, 2.45) is 5.73 Å². The van der Waals surface area contributed by atoms with Crippen LogP contribution in [0, 0.1) is 5.82 Å². The Morgan fingerprint density at radius 3 is 2.83 bits per heavy atom. The molecule has 0 saturated heterocycles. The van der Waals surface area contributed by atoms with Gasteiger partial charge in [-0.2, -0.15) is 0 Å². The highest BCUT2D eigenvalue weighted by Crippen LogP contribution is 2.22. The maximum Gasteiger partial charge on any atom is 0.246 e. The van der Waals surface area contributed by atoms with Gasteiger partial charge in [-0.1, -0.05) is 6.07 Å². The molecule has 0 fully saturated rings. The number of nitrogens with two attached hydrogens (primary N) is 1. The average Bonchev–Trinajstić information content (AvgIpc) is 2.86. The first kappa shape index (κ1) is 12.5. The lowest BCUT2D eigenvalue weighted by molar-refractivity contribution is -0.117. The second-order valence-electron chi connectivity index (χ2n) is 3.65. The summed E-state index contributed by atoms with van der Waals surface area (Å²) in [5.41, 5.74) is 6.01. The molecule has 18 heavy (non-hydrogen) atoms. The lowest BCUT2D eigenvalue weighted by Gasteiger charge is -2.10. The van der Waals surface area contributed by atoms with Gasteiger partial charge >= 0.3 is 0 Å². The number of carbonyl (C=O) groups is 1. The maximum absolute atomic E-state index is 13.1. The fraction of sp³-hybridized carbons (Fsp3) is 0.0833. The quantitative estimate of drug-likeness (QED) is 0.746. The largest absolute Gasteiger partial charge is 0.505 e. The molecule has 0 radical (unpaired) electrons. The topological polar surface area (TPSA) is 75.4 Å². The summed E-state index contributed by atoms with van der Waals surface area (Å²) >= 11 is 1.38. The van der Waals surface area contributed by atoms with E-state index in [9.17, 15) is 9.18 Å². The number of anilines is 1. The molecular weight excluding hydrogens is 255 g/mol. The van der Waals surface area contributed by atoms with Crippen LogP contribution in [0.1, 0.15) is 10.9 Å². The van der Waals surface area contributed by atoms with E-state index >= 15 is 0 Å². The molecule has 0 saturated carbocycles. The summed E-state index contributed by atoms with van der Waals surface area (Å²) in [6.45, 7) is 0. The molecule has 1 aromatic carbocycles. The Hall–Kier alpha value is -1.92. The fourth-order valence-electron chi connectivity index (χ4n) is 1.40. The molecule has 1 aromatic heterocycles. The molecule has 2 rings (SSSR count). The summed E-state index contributed by atoms with van der Waals surface area (Å²) in [6, 6.07) is 6.37. The Kier molecular flexibility index (Phi) is 3.59. The number of halogens is 1. The molecule has 6 heteroatoms. The average molecular weight is 266 g/mol. The number of hydrogen-bond acceptors (Lipinski definition) is 4. The highest BCUT2D eigenvalue weighted by atomic mass is 32.1. The predicted octanol–water partition coefficient (Wildman–Crippen LogP) is 2.23. The van der Waals surface area contributed by atoms with Crippen LogP contribution in [0.3, 0.4) is 0 Å². The minimum atomic E-state index is -0.794. The van der Waals surface area contributed by atoms with Crippen molar-refractivity contribution in [3.8, 4) is 5.75 Å². The third-order valence-corrected chi connectivity index (χ3v) is 3.30. The van der Waals surface area contributed by atoms with Gasteiger partial charge in [-0.3, -0.25) is 4.79 Å². The van der Waals surface area contributed by atoms with Crippen LogP contribution in [-0.4, -0.2) is 11.0 Å². The molecule has 0 aliphatic rings. The summed E-state index contributed by atoms with van der Waals surface area (Å²) in [5.74, 6) is -1.68. The van der Waals surface area contributed by atoms with E-state index in [4.69, 9.17) is 10.8 Å². The standard InChI is InChI=1S/C12H11FN2O2S/c13-8-6-7(3-4-9(8)16)15-12(17)11(14)10-2-1-5-18-10/h1-6,11,16H,14H2,(H,15,17). The number of rotatable bonds is 3. The Labute approximate surface area is 107 Å². The third kappa shape index (κ3) is 2.66. The summed E-state index contributed by atoms with van der Waals surface area (Å²) < 4.78 is 13.1. The van der Waals surface area contributed by atoms with E-state index in [1.807, 2.05) is 5.38 Å². The lowest BCUT2D eigenvalue weighted by Crippen LogP contribution is -2.26. The summed E-state index contributed by atoms with van der Waals surface area (Å²) in [6.07, 6.45) is 0. The van der Waals surface area contributed by atoms with Gasteiger partial charge in [0.2, 0.25) is 5.91 Å². The zero-order valence-corrected chi connectivity index (χ0v) is 10.1. The number of nitrogens with one attached hydrogen (secondary N) is 1. The molecule has 1 amide bonds. The number of benzene rings is 1. The Morgan fingerprint density at radius 1 is 1.44 bits per heavy atom. The first-order valence-corrected chi connectivity index (χ1v) is 6.04. The first-order valence-electron chi connectivity index (χ1n) is 5.16. The molecule has 1 unspecified atom stereocenters. The second kappa shape index (κ2) is 5.16. The minimum absolute atomic E-state index is 0.252. The number of thiophene rings is 1. The van der Waals surface area contributed by atoms with Crippen molar-refractivity contribution in [2.45, 2.75) is 6.04 Å². The number of amides is 1. The zero-order chi connectivity index (χ0) is 13.1. The molecule has 0 bridgehead atoms. The van der Waals surface area contributed by atoms with Gasteiger partial charge in [0.15, 0.2) is 11.6 Å². The molecule has 0 aliphatic heterocycles. The van der Waals surface area contributed by atoms with Gasteiger partial charge < -0.3 is 16.2 Å². The van der Waals surface area contributed by atoms with Crippen LogP contribution in [-0.2, 0) is 4.79 Å². The number of hydrogen-bond donors (Lipinski definition) is 3. The van der Waals surface area contributed by atoms with Crippen molar-refractivity contribution >= 4 is 22.9 Å². The van der Waals surface area contributed by atoms with Gasteiger partial charge in [0, 0.05) is 16.6 Å². The number of carbonyl (C=O) groups excluding carboxylic acids is 1. The molecule has 0 aliphatic carbocycles. The molecule has 4 nitrogen and oxygen atoms in total. The van der Waals surface area contributed by atoms with Gasteiger partial charge in [-0.15, -0.1) is 11.3 Å². The van der Waals surface area contributed by atoms with Crippen molar-refractivity contribution in [2.75, 3.05) is 5.32 Å². The van der Waals surface area contributed by atoms with Crippen LogP contribution in [0.15, 0.2) is 35.7 Å². The monoisotopic (exact) mass is 266 g/mol. The molecule has 2 aromatic rings.